The molecule has 0 radical (unpaired) electrons. The minimum Gasteiger partial charge on any atom is -0.369 e. The molecule has 122 valence electrons. The SMILES string of the molecule is CCCCCC1OC1C/C=C/CCCCCCCC(C)=O. The van der Waals surface area contributed by atoms with Crippen LogP contribution >= 0.6 is 0 Å². The van der Waals surface area contributed by atoms with Crippen LogP contribution in [0.15, 0.2) is 12.2 Å². The third-order valence-electron chi connectivity index (χ3n) is 4.21. The molecular weight excluding hydrogens is 260 g/mol. The van der Waals surface area contributed by atoms with Gasteiger partial charge in [-0.05, 0) is 39.0 Å². The van der Waals surface area contributed by atoms with Crippen LogP contribution in [0.1, 0.15) is 90.9 Å². The fourth-order valence-corrected chi connectivity index (χ4v) is 2.75. The lowest BCUT2D eigenvalue weighted by molar-refractivity contribution is -0.117. The Bertz CT molecular complexity index is 296. The van der Waals surface area contributed by atoms with Crippen molar-refractivity contribution in [2.45, 2.75) is 103 Å². The van der Waals surface area contributed by atoms with Gasteiger partial charge in [0.15, 0.2) is 0 Å². The van der Waals surface area contributed by atoms with Gasteiger partial charge in [-0.2, -0.15) is 0 Å². The van der Waals surface area contributed by atoms with Gasteiger partial charge in [0.2, 0.25) is 0 Å². The van der Waals surface area contributed by atoms with Crippen LogP contribution in [0.3, 0.4) is 0 Å². The van der Waals surface area contributed by atoms with E-state index in [2.05, 4.69) is 19.1 Å². The molecule has 2 heteroatoms. The van der Waals surface area contributed by atoms with Crippen molar-refractivity contribution >= 4 is 5.78 Å². The first-order chi connectivity index (χ1) is 10.2. The van der Waals surface area contributed by atoms with E-state index in [4.69, 9.17) is 4.74 Å². The molecule has 0 amide bonds. The number of hydrogen-bond donors (Lipinski definition) is 0. The second-order valence-corrected chi connectivity index (χ2v) is 6.42. The third-order valence-corrected chi connectivity index (χ3v) is 4.21. The first kappa shape index (κ1) is 18.4. The zero-order valence-corrected chi connectivity index (χ0v) is 14.1. The van der Waals surface area contributed by atoms with Crippen LogP contribution in [-0.2, 0) is 9.53 Å². The van der Waals surface area contributed by atoms with Crippen LogP contribution in [-0.4, -0.2) is 18.0 Å². The van der Waals surface area contributed by atoms with Crippen molar-refractivity contribution in [3.05, 3.63) is 12.2 Å². The molecule has 1 saturated heterocycles. The lowest BCUT2D eigenvalue weighted by atomic mass is 10.1. The van der Waals surface area contributed by atoms with Gasteiger partial charge < -0.3 is 9.53 Å². The molecule has 1 heterocycles. The number of allylic oxidation sites excluding steroid dienone is 1. The van der Waals surface area contributed by atoms with Crippen LogP contribution in [0.25, 0.3) is 0 Å². The van der Waals surface area contributed by atoms with E-state index in [0.29, 0.717) is 18.0 Å². The van der Waals surface area contributed by atoms with Crippen molar-refractivity contribution in [1.82, 2.24) is 0 Å². The molecule has 0 bridgehead atoms. The molecule has 1 aliphatic heterocycles. The Labute approximate surface area is 131 Å². The number of epoxide rings is 1. The van der Waals surface area contributed by atoms with Crippen molar-refractivity contribution in [3.8, 4) is 0 Å². The maximum atomic E-state index is 10.8. The predicted octanol–water partition coefficient (Wildman–Crippen LogP) is 5.60. The summed E-state index contributed by atoms with van der Waals surface area (Å²) in [5.74, 6) is 0.327. The van der Waals surface area contributed by atoms with Crippen LogP contribution in [0.2, 0.25) is 0 Å². The maximum Gasteiger partial charge on any atom is 0.129 e. The van der Waals surface area contributed by atoms with E-state index in [1.54, 1.807) is 6.92 Å². The lowest BCUT2D eigenvalue weighted by Crippen LogP contribution is -1.92. The summed E-state index contributed by atoms with van der Waals surface area (Å²) in [6.07, 6.45) is 20.1. The van der Waals surface area contributed by atoms with Crippen LogP contribution < -0.4 is 0 Å². The molecule has 0 spiro atoms. The van der Waals surface area contributed by atoms with Gasteiger partial charge in [-0.25, -0.2) is 0 Å². The Kier molecular flexibility index (Phi) is 10.5. The van der Waals surface area contributed by atoms with Crippen molar-refractivity contribution in [3.63, 3.8) is 0 Å². The molecule has 1 aliphatic rings. The van der Waals surface area contributed by atoms with Crippen molar-refractivity contribution in [2.75, 3.05) is 0 Å². The summed E-state index contributed by atoms with van der Waals surface area (Å²) in [6.45, 7) is 3.93. The second-order valence-electron chi connectivity index (χ2n) is 6.42. The largest absolute Gasteiger partial charge is 0.369 e. The Balaban J connectivity index is 1.81. The maximum absolute atomic E-state index is 10.8. The van der Waals surface area contributed by atoms with Crippen LogP contribution in [0.5, 0.6) is 0 Å². The number of carbonyl (C=O) groups is 1. The van der Waals surface area contributed by atoms with Gasteiger partial charge in [0.05, 0.1) is 12.2 Å². The first-order valence-corrected chi connectivity index (χ1v) is 9.04. The summed E-state index contributed by atoms with van der Waals surface area (Å²) in [7, 11) is 0. The number of ketones is 1. The van der Waals surface area contributed by atoms with E-state index in [1.807, 2.05) is 0 Å². The molecule has 2 unspecified atom stereocenters. The van der Waals surface area contributed by atoms with E-state index in [0.717, 1.165) is 19.3 Å². The summed E-state index contributed by atoms with van der Waals surface area (Å²) in [6, 6.07) is 0. The number of unbranched alkanes of at least 4 members (excludes halogenated alkanes) is 7. The minimum absolute atomic E-state index is 0.327. The highest BCUT2D eigenvalue weighted by Gasteiger charge is 2.36. The molecule has 1 fully saturated rings. The Hall–Kier alpha value is -0.630. The molecule has 0 saturated carbocycles. The van der Waals surface area contributed by atoms with Gasteiger partial charge in [-0.15, -0.1) is 0 Å². The molecule has 0 aromatic carbocycles. The van der Waals surface area contributed by atoms with E-state index >= 15 is 0 Å². The van der Waals surface area contributed by atoms with Gasteiger partial charge in [-0.1, -0.05) is 57.6 Å². The zero-order valence-electron chi connectivity index (χ0n) is 14.1. The van der Waals surface area contributed by atoms with E-state index < -0.39 is 0 Å². The average Bonchev–Trinajstić information content (AvgIpc) is 3.19. The number of ether oxygens (including phenoxy) is 1. The fraction of sp³-hybridized carbons (Fsp3) is 0.842. The topological polar surface area (TPSA) is 29.6 Å². The Morgan fingerprint density at radius 1 is 0.952 bits per heavy atom. The van der Waals surface area contributed by atoms with E-state index in [9.17, 15) is 4.79 Å². The van der Waals surface area contributed by atoms with E-state index in [1.165, 1.54) is 57.8 Å². The molecule has 2 atom stereocenters. The Morgan fingerprint density at radius 2 is 1.71 bits per heavy atom. The summed E-state index contributed by atoms with van der Waals surface area (Å²) in [4.78, 5) is 10.8. The van der Waals surface area contributed by atoms with Gasteiger partial charge in [0.25, 0.3) is 0 Å². The summed E-state index contributed by atoms with van der Waals surface area (Å²) < 4.78 is 5.68. The molecule has 21 heavy (non-hydrogen) atoms. The molecule has 2 nitrogen and oxygen atoms in total. The standard InChI is InChI=1S/C19H34O2/c1-3-4-11-15-18-19(21-18)16-13-10-8-6-5-7-9-12-14-17(2)20/h10,13,18-19H,3-9,11-12,14-16H2,1-2H3/b13-10+. The molecular formula is C19H34O2. The van der Waals surface area contributed by atoms with Crippen LogP contribution in [0, 0.1) is 0 Å². The second kappa shape index (κ2) is 12.0. The summed E-state index contributed by atoms with van der Waals surface area (Å²) >= 11 is 0. The highest BCUT2D eigenvalue weighted by molar-refractivity contribution is 5.75. The molecule has 0 N–H and O–H groups in total. The molecule has 1 rings (SSSR count). The minimum atomic E-state index is 0.327. The number of hydrogen-bond acceptors (Lipinski definition) is 2. The van der Waals surface area contributed by atoms with Crippen molar-refractivity contribution in [1.29, 1.82) is 0 Å². The summed E-state index contributed by atoms with van der Waals surface area (Å²) in [5, 5.41) is 0. The van der Waals surface area contributed by atoms with Gasteiger partial charge in [0.1, 0.15) is 5.78 Å². The average molecular weight is 294 g/mol. The van der Waals surface area contributed by atoms with Gasteiger partial charge in [-0.3, -0.25) is 0 Å². The number of Topliss-reactive ketones (excluding diaryl/α,β-unsaturated/α-hetero) is 1. The zero-order chi connectivity index (χ0) is 15.3. The highest BCUT2D eigenvalue weighted by atomic mass is 16.6. The highest BCUT2D eigenvalue weighted by Crippen LogP contribution is 2.30. The predicted molar refractivity (Wildman–Crippen MR) is 89.6 cm³/mol. The number of rotatable bonds is 14. The van der Waals surface area contributed by atoms with Gasteiger partial charge in [0, 0.05) is 6.42 Å². The lowest BCUT2D eigenvalue weighted by Gasteiger charge is -1.98. The van der Waals surface area contributed by atoms with Crippen molar-refractivity contribution in [2.24, 2.45) is 0 Å². The van der Waals surface area contributed by atoms with Gasteiger partial charge >= 0.3 is 0 Å². The quantitative estimate of drug-likeness (QED) is 0.237. The van der Waals surface area contributed by atoms with Crippen LogP contribution in [0.4, 0.5) is 0 Å². The first-order valence-electron chi connectivity index (χ1n) is 9.04. The molecule has 0 aromatic heterocycles. The monoisotopic (exact) mass is 294 g/mol. The number of carbonyl (C=O) groups excluding carboxylic acids is 1. The molecule has 0 aliphatic carbocycles. The fourth-order valence-electron chi connectivity index (χ4n) is 2.75. The summed E-state index contributed by atoms with van der Waals surface area (Å²) in [5.41, 5.74) is 0. The normalized spacial score (nSPS) is 21.0. The third kappa shape index (κ3) is 10.7. The Morgan fingerprint density at radius 3 is 2.48 bits per heavy atom. The molecule has 0 aromatic rings. The van der Waals surface area contributed by atoms with E-state index in [-0.39, 0.29) is 0 Å². The van der Waals surface area contributed by atoms with Crippen molar-refractivity contribution < 1.29 is 9.53 Å². The smallest absolute Gasteiger partial charge is 0.129 e.